The Hall–Kier alpha value is -3.78. The van der Waals surface area contributed by atoms with Gasteiger partial charge in [0.1, 0.15) is 0 Å². The highest BCUT2D eigenvalue weighted by Crippen LogP contribution is 2.64. The predicted molar refractivity (Wildman–Crippen MR) is 228 cm³/mol. The molecule has 0 bridgehead atoms. The van der Waals surface area contributed by atoms with Gasteiger partial charge in [-0.15, -0.1) is 0 Å². The Morgan fingerprint density at radius 1 is 0.709 bits per heavy atom. The topological polar surface area (TPSA) is 24.6 Å². The minimum atomic E-state index is -0.163. The van der Waals surface area contributed by atoms with Gasteiger partial charge in [-0.2, -0.15) is 0 Å². The number of nitrogens with one attached hydrogen (secondary N) is 1. The van der Waals surface area contributed by atoms with Gasteiger partial charge in [-0.3, -0.25) is 0 Å². The summed E-state index contributed by atoms with van der Waals surface area (Å²) in [6.07, 6.45) is 49.5. The molecule has 2 heteroatoms. The lowest BCUT2D eigenvalue weighted by atomic mass is 9.54. The van der Waals surface area contributed by atoms with E-state index in [1.54, 1.807) is 33.6 Å². The largest absolute Gasteiger partial charge is 0.453 e. The van der Waals surface area contributed by atoms with Crippen LogP contribution in [0.15, 0.2) is 147 Å². The third kappa shape index (κ3) is 6.48. The molecule has 0 aromatic heterocycles. The molecule has 1 aromatic carbocycles. The Morgan fingerprint density at radius 2 is 1.60 bits per heavy atom. The molecular weight excluding hydrogens is 667 g/mol. The summed E-state index contributed by atoms with van der Waals surface area (Å²) < 4.78 is 6.50. The SMILES string of the molecule is CC1=C(C2CC=C(C3CC=CCC3)CC2)NC(C2C=C(C3(c4ccccc4)C4=CCCC=C4C4=C(O4)C4C=CCCCC43)CCC2)=CC=C1C1CCCCC1. The van der Waals surface area contributed by atoms with Gasteiger partial charge in [-0.1, -0.05) is 115 Å². The summed E-state index contributed by atoms with van der Waals surface area (Å²) in [4.78, 5) is 0. The van der Waals surface area contributed by atoms with Crippen LogP contribution >= 0.6 is 0 Å². The summed E-state index contributed by atoms with van der Waals surface area (Å²) in [5, 5.41) is 4.33. The molecule has 1 N–H and O–H groups in total. The van der Waals surface area contributed by atoms with Crippen LogP contribution in [0.2, 0.25) is 0 Å². The van der Waals surface area contributed by atoms with Gasteiger partial charge in [0.15, 0.2) is 11.5 Å². The maximum absolute atomic E-state index is 6.50. The van der Waals surface area contributed by atoms with Gasteiger partial charge < -0.3 is 10.1 Å². The van der Waals surface area contributed by atoms with Crippen LogP contribution in [0.5, 0.6) is 0 Å². The summed E-state index contributed by atoms with van der Waals surface area (Å²) in [7, 11) is 0. The fraction of sp³-hybridized carbons (Fsp3) is 0.509. The number of hydrogen-bond acceptors (Lipinski definition) is 2. The summed E-state index contributed by atoms with van der Waals surface area (Å²) >= 11 is 0. The van der Waals surface area contributed by atoms with E-state index in [0.717, 1.165) is 18.8 Å². The molecule has 0 amide bonds. The van der Waals surface area contributed by atoms with E-state index in [0.29, 0.717) is 29.6 Å². The van der Waals surface area contributed by atoms with Crippen LogP contribution in [0, 0.1) is 35.5 Å². The molecule has 2 nitrogen and oxygen atoms in total. The average molecular weight is 730 g/mol. The number of hydrogen-bond donors (Lipinski definition) is 1. The van der Waals surface area contributed by atoms with Crippen LogP contribution in [-0.2, 0) is 10.2 Å². The number of allylic oxidation sites excluding steroid dienone is 16. The van der Waals surface area contributed by atoms with Crippen molar-refractivity contribution in [1.82, 2.24) is 5.32 Å². The molecule has 1 saturated carbocycles. The Morgan fingerprint density at radius 3 is 2.44 bits per heavy atom. The number of fused-ring (bicyclic) bond motifs is 4. The Balaban J connectivity index is 1.06. The molecule has 6 unspecified atom stereocenters. The zero-order valence-corrected chi connectivity index (χ0v) is 33.5. The van der Waals surface area contributed by atoms with Gasteiger partial charge >= 0.3 is 0 Å². The Bertz CT molecular complexity index is 1980. The normalized spacial score (nSPS) is 33.7. The van der Waals surface area contributed by atoms with E-state index in [1.807, 2.05) is 0 Å². The van der Waals surface area contributed by atoms with E-state index < -0.39 is 0 Å². The summed E-state index contributed by atoms with van der Waals surface area (Å²) in [6, 6.07) is 11.8. The van der Waals surface area contributed by atoms with E-state index in [2.05, 4.69) is 103 Å². The lowest BCUT2D eigenvalue weighted by Gasteiger charge is -2.49. The number of ether oxygens (including phenoxy) is 1. The molecule has 286 valence electrons. The molecule has 10 rings (SSSR count). The van der Waals surface area contributed by atoms with Crippen molar-refractivity contribution in [3.05, 3.63) is 153 Å². The van der Waals surface area contributed by atoms with Crippen LogP contribution in [-0.4, -0.2) is 0 Å². The van der Waals surface area contributed by atoms with Gasteiger partial charge in [-0.05, 0) is 156 Å². The first-order valence-electron chi connectivity index (χ1n) is 22.7. The fourth-order valence-electron chi connectivity index (χ4n) is 12.7. The van der Waals surface area contributed by atoms with Gasteiger partial charge in [0.25, 0.3) is 0 Å². The maximum Gasteiger partial charge on any atom is 0.173 e. The minimum Gasteiger partial charge on any atom is -0.453 e. The van der Waals surface area contributed by atoms with Crippen LogP contribution in [0.4, 0.5) is 0 Å². The van der Waals surface area contributed by atoms with Crippen molar-refractivity contribution in [3.63, 3.8) is 0 Å². The highest BCUT2D eigenvalue weighted by atomic mass is 16.6. The molecule has 1 aromatic rings. The molecule has 55 heavy (non-hydrogen) atoms. The second-order valence-corrected chi connectivity index (χ2v) is 18.4. The molecule has 2 heterocycles. The summed E-state index contributed by atoms with van der Waals surface area (Å²) in [5.74, 6) is 5.64. The molecule has 9 aliphatic rings. The first-order valence-corrected chi connectivity index (χ1v) is 22.7. The van der Waals surface area contributed by atoms with E-state index in [-0.39, 0.29) is 5.41 Å². The smallest absolute Gasteiger partial charge is 0.173 e. The van der Waals surface area contributed by atoms with E-state index in [4.69, 9.17) is 4.74 Å². The van der Waals surface area contributed by atoms with Crippen molar-refractivity contribution in [3.8, 4) is 0 Å². The Kier molecular flexibility index (Phi) is 9.90. The zero-order chi connectivity index (χ0) is 36.8. The van der Waals surface area contributed by atoms with Crippen molar-refractivity contribution in [1.29, 1.82) is 0 Å². The Labute approximate surface area is 331 Å². The number of benzene rings is 1. The molecule has 0 radical (unpaired) electrons. The first-order chi connectivity index (χ1) is 27.2. The van der Waals surface area contributed by atoms with Crippen LogP contribution in [0.25, 0.3) is 0 Å². The van der Waals surface area contributed by atoms with Gasteiger partial charge in [0, 0.05) is 40.1 Å². The molecule has 7 aliphatic carbocycles. The van der Waals surface area contributed by atoms with Gasteiger partial charge in [0.05, 0.1) is 0 Å². The van der Waals surface area contributed by atoms with Gasteiger partial charge in [0.2, 0.25) is 0 Å². The molecule has 6 atom stereocenters. The lowest BCUT2D eigenvalue weighted by Crippen LogP contribution is -2.44. The molecule has 1 fully saturated rings. The van der Waals surface area contributed by atoms with Crippen molar-refractivity contribution in [2.24, 2.45) is 35.5 Å². The third-order valence-electron chi connectivity index (χ3n) is 15.5. The highest BCUT2D eigenvalue weighted by Gasteiger charge is 2.57. The molecule has 0 spiro atoms. The maximum atomic E-state index is 6.50. The second-order valence-electron chi connectivity index (χ2n) is 18.4. The second kappa shape index (κ2) is 15.3. The highest BCUT2D eigenvalue weighted by molar-refractivity contribution is 5.66. The standard InChI is InChI=1S/C53H63NO/c1-36-44(39-19-8-3-9-20-39)33-34-49(54-50(36)40-31-29-38(30-32-40)37-17-6-2-7-18-37)41-21-16-24-43(35-41)53(42-22-10-4-11-23-42)47-27-13-5-12-25-45(47)51-52(55-51)46-26-14-15-28-48(46)53/h2,4,6,10-12,22-23,25-26,28-29,33-35,37,39-41,45,47,54H,3,5,7-9,13-21,24,27,30-32H2,1H3. The first kappa shape index (κ1) is 35.6. The average Bonchev–Trinajstić information content (AvgIpc) is 4.10. The third-order valence-corrected chi connectivity index (χ3v) is 15.5. The molecular formula is C53H63NO. The van der Waals surface area contributed by atoms with Crippen LogP contribution in [0.3, 0.4) is 0 Å². The molecule has 2 aliphatic heterocycles. The lowest BCUT2D eigenvalue weighted by molar-refractivity contribution is 0.247. The number of rotatable bonds is 6. The monoisotopic (exact) mass is 729 g/mol. The van der Waals surface area contributed by atoms with Crippen LogP contribution in [0.1, 0.15) is 134 Å². The van der Waals surface area contributed by atoms with E-state index in [1.165, 1.54) is 138 Å². The van der Waals surface area contributed by atoms with Gasteiger partial charge in [-0.25, -0.2) is 0 Å². The quantitative estimate of drug-likeness (QED) is 0.295. The van der Waals surface area contributed by atoms with Crippen molar-refractivity contribution in [2.45, 2.75) is 134 Å². The van der Waals surface area contributed by atoms with Crippen LogP contribution < -0.4 is 5.32 Å². The molecule has 0 saturated heterocycles. The minimum absolute atomic E-state index is 0.163. The fourth-order valence-corrected chi connectivity index (χ4v) is 12.7. The van der Waals surface area contributed by atoms with Crippen molar-refractivity contribution < 1.29 is 4.74 Å². The summed E-state index contributed by atoms with van der Waals surface area (Å²) in [5.41, 5.74) is 13.9. The van der Waals surface area contributed by atoms with Crippen molar-refractivity contribution >= 4 is 0 Å². The van der Waals surface area contributed by atoms with Crippen molar-refractivity contribution in [2.75, 3.05) is 0 Å². The predicted octanol–water partition coefficient (Wildman–Crippen LogP) is 13.9. The summed E-state index contributed by atoms with van der Waals surface area (Å²) in [6.45, 7) is 2.48. The van der Waals surface area contributed by atoms with E-state index in [9.17, 15) is 0 Å². The zero-order valence-electron chi connectivity index (χ0n) is 33.5. The van der Waals surface area contributed by atoms with E-state index >= 15 is 0 Å².